The maximum Gasteiger partial charge on any atom is 0.354 e. The number of carboxylic acid groups (broad SMARTS) is 1. The van der Waals surface area contributed by atoms with E-state index in [4.69, 9.17) is 5.11 Å². The van der Waals surface area contributed by atoms with Crippen LogP contribution in [0.3, 0.4) is 0 Å². The molecular weight excluding hydrogens is 277 g/mol. The minimum Gasteiger partial charge on any atom is -0.477 e. The number of carbonyl (C=O) groups excluding carboxylic acids is 1. The van der Waals surface area contributed by atoms with E-state index in [2.05, 4.69) is 10.4 Å². The molecule has 0 fully saturated rings. The molecule has 1 atom stereocenters. The van der Waals surface area contributed by atoms with E-state index < -0.39 is 12.0 Å². The van der Waals surface area contributed by atoms with Gasteiger partial charge in [0, 0.05) is 12.7 Å². The molecule has 1 unspecified atom stereocenters. The van der Waals surface area contributed by atoms with Gasteiger partial charge < -0.3 is 10.4 Å². The maximum absolute atomic E-state index is 12.8. The Bertz CT molecular complexity index is 652. The van der Waals surface area contributed by atoms with Gasteiger partial charge in [-0.25, -0.2) is 13.9 Å². The van der Waals surface area contributed by atoms with Gasteiger partial charge in [-0.2, -0.15) is 5.10 Å². The zero-order chi connectivity index (χ0) is 15.4. The largest absolute Gasteiger partial charge is 0.477 e. The monoisotopic (exact) mass is 291 g/mol. The van der Waals surface area contributed by atoms with E-state index in [-0.39, 0.29) is 24.0 Å². The predicted octanol–water partition coefficient (Wildman–Crippen LogP) is 1.60. The molecule has 7 heteroatoms. The Hall–Kier alpha value is -2.70. The SMILES string of the molecule is CC(C(=O)NCc1ccc(F)cc1)n1nccc1C(=O)O. The van der Waals surface area contributed by atoms with Gasteiger partial charge in [-0.1, -0.05) is 12.1 Å². The molecule has 1 aromatic carbocycles. The summed E-state index contributed by atoms with van der Waals surface area (Å²) in [4.78, 5) is 23.0. The number of nitrogens with one attached hydrogen (secondary N) is 1. The van der Waals surface area contributed by atoms with Gasteiger partial charge in [0.2, 0.25) is 5.91 Å². The number of rotatable bonds is 5. The second kappa shape index (κ2) is 6.17. The Morgan fingerprint density at radius 2 is 2.00 bits per heavy atom. The fraction of sp³-hybridized carbons (Fsp3) is 0.214. The van der Waals surface area contributed by atoms with Crippen molar-refractivity contribution < 1.29 is 19.1 Å². The summed E-state index contributed by atoms with van der Waals surface area (Å²) in [6.07, 6.45) is 1.33. The molecule has 0 bridgehead atoms. The molecule has 2 aromatic rings. The molecule has 0 saturated carbocycles. The molecule has 0 radical (unpaired) electrons. The van der Waals surface area contributed by atoms with Crippen LogP contribution in [0.5, 0.6) is 0 Å². The molecule has 110 valence electrons. The number of nitrogens with zero attached hydrogens (tertiary/aromatic N) is 2. The minimum atomic E-state index is -1.15. The highest BCUT2D eigenvalue weighted by atomic mass is 19.1. The van der Waals surface area contributed by atoms with Gasteiger partial charge in [-0.05, 0) is 30.7 Å². The summed E-state index contributed by atoms with van der Waals surface area (Å²) in [5.74, 6) is -1.86. The first-order valence-corrected chi connectivity index (χ1v) is 6.28. The zero-order valence-corrected chi connectivity index (χ0v) is 11.3. The van der Waals surface area contributed by atoms with Crippen LogP contribution >= 0.6 is 0 Å². The molecule has 1 aromatic heterocycles. The van der Waals surface area contributed by atoms with Crippen LogP contribution in [-0.4, -0.2) is 26.8 Å². The fourth-order valence-electron chi connectivity index (χ4n) is 1.84. The Kier molecular flexibility index (Phi) is 4.32. The van der Waals surface area contributed by atoms with E-state index >= 15 is 0 Å². The molecule has 2 rings (SSSR count). The van der Waals surface area contributed by atoms with Crippen LogP contribution in [0.15, 0.2) is 36.5 Å². The van der Waals surface area contributed by atoms with Gasteiger partial charge in [0.1, 0.15) is 17.6 Å². The molecule has 21 heavy (non-hydrogen) atoms. The molecule has 6 nitrogen and oxygen atoms in total. The fourth-order valence-corrected chi connectivity index (χ4v) is 1.84. The average molecular weight is 291 g/mol. The van der Waals surface area contributed by atoms with E-state index in [1.54, 1.807) is 19.1 Å². The highest BCUT2D eigenvalue weighted by Crippen LogP contribution is 2.10. The first kappa shape index (κ1) is 14.7. The van der Waals surface area contributed by atoms with Crippen LogP contribution in [0.25, 0.3) is 0 Å². The lowest BCUT2D eigenvalue weighted by Gasteiger charge is -2.14. The van der Waals surface area contributed by atoms with E-state index in [1.165, 1.54) is 24.4 Å². The molecule has 0 spiro atoms. The third-order valence-corrected chi connectivity index (χ3v) is 3.02. The normalized spacial score (nSPS) is 11.9. The molecule has 1 amide bonds. The van der Waals surface area contributed by atoms with E-state index in [0.717, 1.165) is 10.2 Å². The number of carboxylic acids is 1. The standard InChI is InChI=1S/C14H14FN3O3/c1-9(18-12(14(20)21)6-7-17-18)13(19)16-8-10-2-4-11(15)5-3-10/h2-7,9H,8H2,1H3,(H,16,19)(H,20,21). The quantitative estimate of drug-likeness (QED) is 0.876. The first-order chi connectivity index (χ1) is 9.99. The van der Waals surface area contributed by atoms with Gasteiger partial charge in [0.15, 0.2) is 0 Å². The van der Waals surface area contributed by atoms with Crippen LogP contribution in [0.4, 0.5) is 4.39 Å². The summed E-state index contributed by atoms with van der Waals surface area (Å²) in [5.41, 5.74) is 0.690. The van der Waals surface area contributed by atoms with Gasteiger partial charge in [0.25, 0.3) is 0 Å². The van der Waals surface area contributed by atoms with Crippen LogP contribution in [0.1, 0.15) is 29.0 Å². The Morgan fingerprint density at radius 3 is 2.62 bits per heavy atom. The van der Waals surface area contributed by atoms with Crippen LogP contribution in [0.2, 0.25) is 0 Å². The van der Waals surface area contributed by atoms with Crippen LogP contribution in [-0.2, 0) is 11.3 Å². The number of amides is 1. The van der Waals surface area contributed by atoms with Crippen LogP contribution in [0, 0.1) is 5.82 Å². The van der Waals surface area contributed by atoms with Crippen molar-refractivity contribution in [2.45, 2.75) is 19.5 Å². The third kappa shape index (κ3) is 3.44. The van der Waals surface area contributed by atoms with Crippen molar-refractivity contribution in [1.82, 2.24) is 15.1 Å². The van der Waals surface area contributed by atoms with Crippen molar-refractivity contribution in [1.29, 1.82) is 0 Å². The molecule has 0 aliphatic heterocycles. The smallest absolute Gasteiger partial charge is 0.354 e. The predicted molar refractivity (Wildman–Crippen MR) is 72.1 cm³/mol. The van der Waals surface area contributed by atoms with Crippen molar-refractivity contribution in [2.24, 2.45) is 0 Å². The van der Waals surface area contributed by atoms with E-state index in [9.17, 15) is 14.0 Å². The highest BCUT2D eigenvalue weighted by molar-refractivity contribution is 5.87. The summed E-state index contributed by atoms with van der Waals surface area (Å²) in [6, 6.07) is 6.31. The molecule has 1 heterocycles. The number of carbonyl (C=O) groups is 2. The second-order valence-corrected chi connectivity index (χ2v) is 4.49. The number of aromatic nitrogens is 2. The summed E-state index contributed by atoms with van der Waals surface area (Å²) in [5, 5.41) is 15.5. The summed E-state index contributed by atoms with van der Waals surface area (Å²) in [6.45, 7) is 1.78. The van der Waals surface area contributed by atoms with Gasteiger partial charge in [0.05, 0.1) is 0 Å². The lowest BCUT2D eigenvalue weighted by molar-refractivity contribution is -0.124. The number of halogens is 1. The van der Waals surface area contributed by atoms with Crippen molar-refractivity contribution in [2.75, 3.05) is 0 Å². The third-order valence-electron chi connectivity index (χ3n) is 3.02. The van der Waals surface area contributed by atoms with Crippen molar-refractivity contribution in [3.8, 4) is 0 Å². The lowest BCUT2D eigenvalue weighted by atomic mass is 10.2. The Labute approximate surface area is 120 Å². The zero-order valence-electron chi connectivity index (χ0n) is 11.3. The number of hydrogen-bond donors (Lipinski definition) is 2. The number of benzene rings is 1. The van der Waals surface area contributed by atoms with Crippen LogP contribution < -0.4 is 5.32 Å². The number of aromatic carboxylic acids is 1. The summed E-state index contributed by atoms with van der Waals surface area (Å²) >= 11 is 0. The number of hydrogen-bond acceptors (Lipinski definition) is 3. The minimum absolute atomic E-state index is 0.0561. The molecule has 0 saturated heterocycles. The lowest BCUT2D eigenvalue weighted by Crippen LogP contribution is -2.32. The van der Waals surface area contributed by atoms with Crippen molar-refractivity contribution in [3.05, 3.63) is 53.6 Å². The van der Waals surface area contributed by atoms with E-state index in [0.29, 0.717) is 0 Å². The van der Waals surface area contributed by atoms with Crippen molar-refractivity contribution >= 4 is 11.9 Å². The summed E-state index contributed by atoms with van der Waals surface area (Å²) in [7, 11) is 0. The highest BCUT2D eigenvalue weighted by Gasteiger charge is 2.20. The molecular formula is C14H14FN3O3. The van der Waals surface area contributed by atoms with E-state index in [1.807, 2.05) is 0 Å². The topological polar surface area (TPSA) is 84.2 Å². The van der Waals surface area contributed by atoms with Crippen molar-refractivity contribution in [3.63, 3.8) is 0 Å². The molecule has 0 aliphatic rings. The van der Waals surface area contributed by atoms with Gasteiger partial charge in [-0.15, -0.1) is 0 Å². The van der Waals surface area contributed by atoms with Gasteiger partial charge >= 0.3 is 5.97 Å². The summed E-state index contributed by atoms with van der Waals surface area (Å²) < 4.78 is 13.9. The molecule has 2 N–H and O–H groups in total. The Balaban J connectivity index is 2.01. The average Bonchev–Trinajstić information content (AvgIpc) is 2.95. The van der Waals surface area contributed by atoms with Gasteiger partial charge in [-0.3, -0.25) is 4.79 Å². The maximum atomic E-state index is 12.8. The first-order valence-electron chi connectivity index (χ1n) is 6.28. The Morgan fingerprint density at radius 1 is 1.33 bits per heavy atom. The molecule has 0 aliphatic carbocycles. The second-order valence-electron chi connectivity index (χ2n) is 4.49.